The van der Waals surface area contributed by atoms with Crippen molar-refractivity contribution in [2.24, 2.45) is 0 Å². The van der Waals surface area contributed by atoms with Gasteiger partial charge in [-0.1, -0.05) is 0 Å². The van der Waals surface area contributed by atoms with Crippen LogP contribution >= 0.6 is 0 Å². The van der Waals surface area contributed by atoms with Crippen LogP contribution in [0.4, 0.5) is 0 Å². The van der Waals surface area contributed by atoms with E-state index in [1.165, 1.54) is 0 Å². The number of aldehydes is 1. The molecule has 1 rings (SSSR count). The molecule has 0 bridgehead atoms. The fourth-order valence-electron chi connectivity index (χ4n) is 1.61. The van der Waals surface area contributed by atoms with Crippen LogP contribution in [-0.2, 0) is 20.8 Å². The van der Waals surface area contributed by atoms with Gasteiger partial charge in [-0.3, -0.25) is 0 Å². The quantitative estimate of drug-likeness (QED) is 0.546. The van der Waals surface area contributed by atoms with Gasteiger partial charge in [-0.05, 0) is 0 Å². The molecule has 0 aliphatic heterocycles. The Hall–Kier alpha value is -1.69. The van der Waals surface area contributed by atoms with Crippen molar-refractivity contribution in [3.8, 4) is 5.75 Å². The Morgan fingerprint density at radius 2 is 2.05 bits per heavy atom. The molecule has 0 spiro atoms. The maximum absolute atomic E-state index is 10.6. The van der Waals surface area contributed by atoms with E-state index in [0.29, 0.717) is 6.61 Å². The summed E-state index contributed by atoms with van der Waals surface area (Å²) in [7, 11) is 2.47. The van der Waals surface area contributed by atoms with Crippen molar-refractivity contribution in [3.63, 3.8) is 0 Å². The van der Waals surface area contributed by atoms with E-state index >= 15 is 0 Å². The van der Waals surface area contributed by atoms with Crippen molar-refractivity contribution < 1.29 is 18.9 Å². The molecule has 1 aromatic carbocycles. The van der Waals surface area contributed by atoms with Crippen LogP contribution in [0.5, 0.6) is 5.75 Å². The van der Waals surface area contributed by atoms with E-state index in [4.69, 9.17) is 19.4 Å². The first-order valence-electron chi connectivity index (χ1n) is 6.03. The number of rotatable bonds is 9. The summed E-state index contributed by atoms with van der Waals surface area (Å²) >= 11 is 0. The molecule has 0 heterocycles. The van der Waals surface area contributed by atoms with E-state index in [1.54, 1.807) is 14.0 Å². The molecule has 102 valence electrons. The Morgan fingerprint density at radius 1 is 1.37 bits per heavy atom. The van der Waals surface area contributed by atoms with Crippen molar-refractivity contribution in [1.29, 1.82) is 5.31 Å². The number of carbonyl (C=O) groups excluding carboxylic acids is 1. The zero-order valence-electron chi connectivity index (χ0n) is 11.2. The van der Waals surface area contributed by atoms with Crippen molar-refractivity contribution in [3.05, 3.63) is 29.8 Å². The van der Waals surface area contributed by atoms with E-state index in [0.717, 1.165) is 24.9 Å². The zero-order valence-corrected chi connectivity index (χ0v) is 11.2. The summed E-state index contributed by atoms with van der Waals surface area (Å²) < 4.78 is 15.7. The van der Waals surface area contributed by atoms with Gasteiger partial charge >= 0.3 is 113 Å². The van der Waals surface area contributed by atoms with Crippen LogP contribution in [0.15, 0.2) is 24.3 Å². The topological polar surface area (TPSA) is 68.6 Å². The SMILES string of the molecule is COc1ccc(CO[C@H](CC=O)[C@@H](C)OB=N)cc1. The molecule has 19 heavy (non-hydrogen) atoms. The van der Waals surface area contributed by atoms with Gasteiger partial charge in [-0.2, -0.15) is 0 Å². The summed E-state index contributed by atoms with van der Waals surface area (Å²) in [5.74, 6) is 0.786. The number of nitrogens with one attached hydrogen (secondary N) is 1. The Morgan fingerprint density at radius 3 is 2.58 bits per heavy atom. The molecular formula is C13H18BNO4. The number of hydrogen-bond acceptors (Lipinski definition) is 5. The van der Waals surface area contributed by atoms with Gasteiger partial charge in [-0.25, -0.2) is 0 Å². The summed E-state index contributed by atoms with van der Waals surface area (Å²) in [5, 5.41) is 6.89. The maximum atomic E-state index is 10.6. The van der Waals surface area contributed by atoms with Gasteiger partial charge < -0.3 is 0 Å². The van der Waals surface area contributed by atoms with Gasteiger partial charge in [0.25, 0.3) is 0 Å². The van der Waals surface area contributed by atoms with Gasteiger partial charge in [0.15, 0.2) is 0 Å². The van der Waals surface area contributed by atoms with E-state index < -0.39 is 0 Å². The molecule has 0 fully saturated rings. The third-order valence-electron chi connectivity index (χ3n) is 2.76. The third kappa shape index (κ3) is 5.22. The molecule has 0 aliphatic carbocycles. The second kappa shape index (κ2) is 8.42. The normalized spacial score (nSPS) is 13.2. The predicted octanol–water partition coefficient (Wildman–Crippen LogP) is 1.96. The van der Waals surface area contributed by atoms with Crippen LogP contribution in [0.1, 0.15) is 18.9 Å². The van der Waals surface area contributed by atoms with Crippen LogP contribution in [0.2, 0.25) is 0 Å². The molecule has 0 radical (unpaired) electrons. The number of carbonyl (C=O) groups is 1. The second-order valence-corrected chi connectivity index (χ2v) is 4.06. The van der Waals surface area contributed by atoms with Crippen molar-refractivity contribution in [1.82, 2.24) is 0 Å². The number of benzene rings is 1. The molecule has 0 saturated carbocycles. The van der Waals surface area contributed by atoms with Gasteiger partial charge in [-0.15, -0.1) is 0 Å². The van der Waals surface area contributed by atoms with Gasteiger partial charge in [0.1, 0.15) is 0 Å². The molecule has 0 unspecified atom stereocenters. The minimum atomic E-state index is -0.360. The Bertz CT molecular complexity index is 396. The average Bonchev–Trinajstić information content (AvgIpc) is 2.44. The fraction of sp³-hybridized carbons (Fsp3) is 0.462. The molecular weight excluding hydrogens is 245 g/mol. The zero-order chi connectivity index (χ0) is 14.1. The molecule has 0 saturated heterocycles. The minimum absolute atomic E-state index is 0.241. The van der Waals surface area contributed by atoms with Gasteiger partial charge in [0.2, 0.25) is 0 Å². The van der Waals surface area contributed by atoms with E-state index in [9.17, 15) is 4.79 Å². The van der Waals surface area contributed by atoms with Crippen molar-refractivity contribution >= 4 is 13.6 Å². The summed E-state index contributed by atoms with van der Waals surface area (Å²) in [6.07, 6.45) is 0.343. The molecule has 0 aromatic heterocycles. The first-order chi connectivity index (χ1) is 9.21. The van der Waals surface area contributed by atoms with Crippen molar-refractivity contribution in [2.75, 3.05) is 7.11 Å². The molecule has 5 nitrogen and oxygen atoms in total. The molecule has 1 aromatic rings. The average molecular weight is 263 g/mol. The van der Waals surface area contributed by atoms with Crippen LogP contribution < -0.4 is 4.74 Å². The third-order valence-corrected chi connectivity index (χ3v) is 2.76. The Kier molecular flexibility index (Phi) is 6.81. The molecule has 1 N–H and O–H groups in total. The monoisotopic (exact) mass is 263 g/mol. The predicted molar refractivity (Wildman–Crippen MR) is 71.3 cm³/mol. The second-order valence-electron chi connectivity index (χ2n) is 4.06. The van der Waals surface area contributed by atoms with Crippen LogP contribution in [0, 0.1) is 5.31 Å². The first-order valence-corrected chi connectivity index (χ1v) is 6.03. The molecule has 6 heteroatoms. The van der Waals surface area contributed by atoms with E-state index in [2.05, 4.69) is 0 Å². The molecule has 0 aliphatic rings. The van der Waals surface area contributed by atoms with Crippen molar-refractivity contribution in [2.45, 2.75) is 32.2 Å². The van der Waals surface area contributed by atoms with Crippen LogP contribution in [0.25, 0.3) is 0 Å². The standard InChI is InChI=1S/C13H18BNO4/c1-10(19-14-15)13(7-8-16)18-9-11-3-5-12(17-2)6-4-11/h3-6,8,10,13,15H,7,9H2,1-2H3/t10-,13-/m1/s1. The summed E-state index contributed by atoms with van der Waals surface area (Å²) in [6, 6.07) is 7.51. The molecule has 2 atom stereocenters. The number of methoxy groups -OCH3 is 1. The summed E-state index contributed by atoms with van der Waals surface area (Å²) in [4.78, 5) is 10.6. The molecule has 0 amide bonds. The van der Waals surface area contributed by atoms with Crippen LogP contribution in [-0.4, -0.2) is 32.9 Å². The van der Waals surface area contributed by atoms with E-state index in [1.807, 2.05) is 24.3 Å². The summed E-state index contributed by atoms with van der Waals surface area (Å²) in [5.41, 5.74) is 0.985. The van der Waals surface area contributed by atoms with Gasteiger partial charge in [0, 0.05) is 0 Å². The van der Waals surface area contributed by atoms with Gasteiger partial charge in [0.05, 0.1) is 0 Å². The summed E-state index contributed by atoms with van der Waals surface area (Å²) in [6.45, 7) is 2.15. The number of ether oxygens (including phenoxy) is 2. The van der Waals surface area contributed by atoms with E-state index in [-0.39, 0.29) is 18.6 Å². The van der Waals surface area contributed by atoms with Crippen LogP contribution in [0.3, 0.4) is 0 Å². The Balaban J connectivity index is 2.54. The fourth-order valence-corrected chi connectivity index (χ4v) is 1.61. The number of hydrogen-bond donors (Lipinski definition) is 1. The Labute approximate surface area is 113 Å². The first kappa shape index (κ1) is 15.4.